The van der Waals surface area contributed by atoms with Crippen LogP contribution < -0.4 is 11.1 Å². The first-order valence-electron chi connectivity index (χ1n) is 6.11. The molecule has 0 saturated carbocycles. The number of halogens is 2. The van der Waals surface area contributed by atoms with Crippen LogP contribution >= 0.6 is 11.3 Å². The van der Waals surface area contributed by atoms with Crippen molar-refractivity contribution in [3.8, 4) is 11.8 Å². The molecule has 108 valence electrons. The second-order valence-electron chi connectivity index (χ2n) is 4.04. The molecule has 0 spiro atoms. The summed E-state index contributed by atoms with van der Waals surface area (Å²) in [6, 6.07) is 5.10. The Bertz CT molecular complexity index is 696. The Kier molecular flexibility index (Phi) is 5.04. The van der Waals surface area contributed by atoms with E-state index < -0.39 is 23.1 Å². The second-order valence-corrected chi connectivity index (χ2v) is 5.04. The van der Waals surface area contributed by atoms with Gasteiger partial charge in [-0.25, -0.2) is 8.78 Å². The number of hydrogen-bond donors (Lipinski definition) is 2. The SMILES string of the molecule is NCC#Cc1ccsc1CNC(=O)c1c(F)cccc1F. The van der Waals surface area contributed by atoms with Crippen LogP contribution in [0.5, 0.6) is 0 Å². The first kappa shape index (κ1) is 15.2. The van der Waals surface area contributed by atoms with Crippen LogP contribution in [0.1, 0.15) is 20.8 Å². The Labute approximate surface area is 124 Å². The summed E-state index contributed by atoms with van der Waals surface area (Å²) in [5.74, 6) is 3.03. The van der Waals surface area contributed by atoms with Gasteiger partial charge in [-0.2, -0.15) is 0 Å². The van der Waals surface area contributed by atoms with Crippen molar-refractivity contribution in [1.29, 1.82) is 0 Å². The van der Waals surface area contributed by atoms with E-state index in [0.717, 1.165) is 22.6 Å². The van der Waals surface area contributed by atoms with E-state index in [4.69, 9.17) is 5.73 Å². The van der Waals surface area contributed by atoms with Crippen molar-refractivity contribution < 1.29 is 13.6 Å². The monoisotopic (exact) mass is 306 g/mol. The summed E-state index contributed by atoms with van der Waals surface area (Å²) in [4.78, 5) is 12.7. The van der Waals surface area contributed by atoms with E-state index in [1.807, 2.05) is 5.38 Å². The van der Waals surface area contributed by atoms with Crippen molar-refractivity contribution in [3.05, 3.63) is 57.3 Å². The van der Waals surface area contributed by atoms with Crippen LogP contribution in [0.3, 0.4) is 0 Å². The van der Waals surface area contributed by atoms with Gasteiger partial charge in [0.15, 0.2) is 0 Å². The van der Waals surface area contributed by atoms with Crippen molar-refractivity contribution >= 4 is 17.2 Å². The van der Waals surface area contributed by atoms with Crippen LogP contribution in [0, 0.1) is 23.5 Å². The van der Waals surface area contributed by atoms with Gasteiger partial charge in [0.05, 0.1) is 13.1 Å². The number of rotatable bonds is 3. The minimum Gasteiger partial charge on any atom is -0.347 e. The molecule has 0 fully saturated rings. The largest absolute Gasteiger partial charge is 0.347 e. The molecule has 0 saturated heterocycles. The predicted octanol–water partition coefficient (Wildman–Crippen LogP) is 2.27. The lowest BCUT2D eigenvalue weighted by Crippen LogP contribution is -2.25. The van der Waals surface area contributed by atoms with Gasteiger partial charge in [0, 0.05) is 10.4 Å². The molecule has 0 aliphatic heterocycles. The third-order valence-electron chi connectivity index (χ3n) is 2.67. The summed E-state index contributed by atoms with van der Waals surface area (Å²) in [6.07, 6.45) is 0. The maximum absolute atomic E-state index is 13.5. The van der Waals surface area contributed by atoms with E-state index in [9.17, 15) is 13.6 Å². The van der Waals surface area contributed by atoms with Crippen molar-refractivity contribution in [1.82, 2.24) is 5.32 Å². The summed E-state index contributed by atoms with van der Waals surface area (Å²) in [5.41, 5.74) is 5.47. The van der Waals surface area contributed by atoms with Crippen LogP contribution in [0.2, 0.25) is 0 Å². The molecule has 21 heavy (non-hydrogen) atoms. The van der Waals surface area contributed by atoms with Crippen molar-refractivity contribution in [2.75, 3.05) is 6.54 Å². The van der Waals surface area contributed by atoms with Gasteiger partial charge in [0.1, 0.15) is 17.2 Å². The number of hydrogen-bond acceptors (Lipinski definition) is 3. The van der Waals surface area contributed by atoms with E-state index in [1.54, 1.807) is 6.07 Å². The van der Waals surface area contributed by atoms with Crippen molar-refractivity contribution in [3.63, 3.8) is 0 Å². The fourth-order valence-electron chi connectivity index (χ4n) is 1.70. The van der Waals surface area contributed by atoms with Crippen LogP contribution in [-0.4, -0.2) is 12.5 Å². The summed E-state index contributed by atoms with van der Waals surface area (Å²) in [7, 11) is 0. The minimum atomic E-state index is -0.887. The lowest BCUT2D eigenvalue weighted by molar-refractivity contribution is 0.0943. The molecule has 3 N–H and O–H groups in total. The second kappa shape index (κ2) is 6.97. The molecule has 0 bridgehead atoms. The number of nitrogens with two attached hydrogens (primary N) is 1. The molecule has 0 radical (unpaired) electrons. The zero-order valence-electron chi connectivity index (χ0n) is 11.0. The van der Waals surface area contributed by atoms with Crippen LogP contribution in [0.4, 0.5) is 8.78 Å². The van der Waals surface area contributed by atoms with Gasteiger partial charge in [-0.15, -0.1) is 11.3 Å². The van der Waals surface area contributed by atoms with Gasteiger partial charge >= 0.3 is 0 Å². The molecule has 1 amide bonds. The summed E-state index contributed by atoms with van der Waals surface area (Å²) in [5, 5.41) is 4.32. The van der Waals surface area contributed by atoms with Crippen molar-refractivity contribution in [2.45, 2.75) is 6.54 Å². The third-order valence-corrected chi connectivity index (χ3v) is 3.59. The molecule has 2 aromatic rings. The van der Waals surface area contributed by atoms with Crippen molar-refractivity contribution in [2.24, 2.45) is 5.73 Å². The van der Waals surface area contributed by atoms with Gasteiger partial charge < -0.3 is 11.1 Å². The topological polar surface area (TPSA) is 55.1 Å². The molecular formula is C15H12F2N2OS. The molecule has 0 atom stereocenters. The Balaban J connectivity index is 2.10. The van der Waals surface area contributed by atoms with E-state index >= 15 is 0 Å². The summed E-state index contributed by atoms with van der Waals surface area (Å²) < 4.78 is 27.0. The van der Waals surface area contributed by atoms with Gasteiger partial charge in [0.2, 0.25) is 0 Å². The fraction of sp³-hybridized carbons (Fsp3) is 0.133. The quantitative estimate of drug-likeness (QED) is 0.855. The maximum atomic E-state index is 13.5. The Morgan fingerprint density at radius 1 is 1.29 bits per heavy atom. The number of carbonyl (C=O) groups excluding carboxylic acids is 1. The maximum Gasteiger partial charge on any atom is 0.257 e. The standard InChI is InChI=1S/C15H12F2N2OS/c16-11-4-1-5-12(17)14(11)15(20)19-9-13-10(3-2-7-18)6-8-21-13/h1,4-6,8H,7,9,18H2,(H,19,20). The average molecular weight is 306 g/mol. The highest BCUT2D eigenvalue weighted by molar-refractivity contribution is 7.10. The molecule has 1 aromatic carbocycles. The molecule has 0 unspecified atom stereocenters. The smallest absolute Gasteiger partial charge is 0.257 e. The normalized spacial score (nSPS) is 9.86. The average Bonchev–Trinajstić information content (AvgIpc) is 2.90. The molecule has 0 aliphatic rings. The fourth-order valence-corrected chi connectivity index (χ4v) is 2.47. The Hall–Kier alpha value is -2.23. The predicted molar refractivity (Wildman–Crippen MR) is 77.8 cm³/mol. The highest BCUT2D eigenvalue weighted by Gasteiger charge is 2.17. The number of benzene rings is 1. The van der Waals surface area contributed by atoms with Gasteiger partial charge in [0.25, 0.3) is 5.91 Å². The molecule has 1 heterocycles. The van der Waals surface area contributed by atoms with E-state index in [2.05, 4.69) is 17.2 Å². The molecule has 2 rings (SSSR count). The lowest BCUT2D eigenvalue weighted by atomic mass is 10.2. The summed E-state index contributed by atoms with van der Waals surface area (Å²) in [6.45, 7) is 0.390. The van der Waals surface area contributed by atoms with Gasteiger partial charge in [-0.1, -0.05) is 17.9 Å². The van der Waals surface area contributed by atoms with E-state index in [1.165, 1.54) is 17.4 Å². The first-order valence-corrected chi connectivity index (χ1v) is 6.99. The lowest BCUT2D eigenvalue weighted by Gasteiger charge is -2.06. The molecular weight excluding hydrogens is 294 g/mol. The van der Waals surface area contributed by atoms with Gasteiger partial charge in [-0.05, 0) is 23.6 Å². The number of nitrogens with one attached hydrogen (secondary N) is 1. The minimum absolute atomic E-state index is 0.152. The first-order chi connectivity index (χ1) is 10.1. The van der Waals surface area contributed by atoms with E-state index in [0.29, 0.717) is 0 Å². The highest BCUT2D eigenvalue weighted by atomic mass is 32.1. The van der Waals surface area contributed by atoms with Crippen LogP contribution in [0.25, 0.3) is 0 Å². The highest BCUT2D eigenvalue weighted by Crippen LogP contribution is 2.16. The number of carbonyl (C=O) groups is 1. The Morgan fingerprint density at radius 3 is 2.67 bits per heavy atom. The molecule has 0 aliphatic carbocycles. The zero-order chi connectivity index (χ0) is 15.2. The van der Waals surface area contributed by atoms with Crippen LogP contribution in [-0.2, 0) is 6.54 Å². The molecule has 3 nitrogen and oxygen atoms in total. The summed E-state index contributed by atoms with van der Waals surface area (Å²) >= 11 is 1.40. The van der Waals surface area contributed by atoms with Crippen LogP contribution in [0.15, 0.2) is 29.6 Å². The number of thiophene rings is 1. The third kappa shape index (κ3) is 3.66. The zero-order valence-corrected chi connectivity index (χ0v) is 11.8. The molecule has 1 aromatic heterocycles. The van der Waals surface area contributed by atoms with Gasteiger partial charge in [-0.3, -0.25) is 4.79 Å². The molecule has 6 heteroatoms. The number of amides is 1. The Morgan fingerprint density at radius 2 is 2.00 bits per heavy atom. The van der Waals surface area contributed by atoms with E-state index in [-0.39, 0.29) is 13.1 Å².